The van der Waals surface area contributed by atoms with Gasteiger partial charge >= 0.3 is 0 Å². The number of hydrogen-bond acceptors (Lipinski definition) is 2. The molecule has 84 valence electrons. The Hall–Kier alpha value is -1.31. The lowest BCUT2D eigenvalue weighted by Gasteiger charge is -2.03. The first-order valence-electron chi connectivity index (χ1n) is 6.10. The van der Waals surface area contributed by atoms with E-state index in [2.05, 4.69) is 12.1 Å². The standard InChI is InChI=1S/C14H16O2/c15-13(11-3-4-11)5-1-10-2-6-14-12(9-10)7-8-16-14/h2,6,9,11H,1,3-5,7-8H2. The second-order valence-corrected chi connectivity index (χ2v) is 4.78. The Labute approximate surface area is 95.6 Å². The number of fused-ring (bicyclic) bond motifs is 1. The fraction of sp³-hybridized carbons (Fsp3) is 0.500. The molecule has 0 bridgehead atoms. The topological polar surface area (TPSA) is 26.3 Å². The first-order valence-corrected chi connectivity index (χ1v) is 6.10. The maximum atomic E-state index is 11.6. The van der Waals surface area contributed by atoms with Gasteiger partial charge in [0, 0.05) is 18.8 Å². The molecule has 1 aliphatic carbocycles. The van der Waals surface area contributed by atoms with Crippen LogP contribution in [0.2, 0.25) is 0 Å². The molecule has 1 saturated carbocycles. The van der Waals surface area contributed by atoms with E-state index >= 15 is 0 Å². The highest BCUT2D eigenvalue weighted by molar-refractivity contribution is 5.83. The average molecular weight is 216 g/mol. The van der Waals surface area contributed by atoms with Crippen molar-refractivity contribution in [2.75, 3.05) is 6.61 Å². The summed E-state index contributed by atoms with van der Waals surface area (Å²) >= 11 is 0. The van der Waals surface area contributed by atoms with Gasteiger partial charge in [0.2, 0.25) is 0 Å². The zero-order valence-corrected chi connectivity index (χ0v) is 9.37. The van der Waals surface area contributed by atoms with Gasteiger partial charge in [-0.15, -0.1) is 0 Å². The summed E-state index contributed by atoms with van der Waals surface area (Å²) in [6.07, 6.45) is 4.86. The van der Waals surface area contributed by atoms with Crippen LogP contribution in [0.4, 0.5) is 0 Å². The highest BCUT2D eigenvalue weighted by Gasteiger charge is 2.28. The van der Waals surface area contributed by atoms with Crippen LogP contribution in [0.25, 0.3) is 0 Å². The predicted octanol–water partition coefficient (Wildman–Crippen LogP) is 2.53. The molecule has 0 amide bonds. The van der Waals surface area contributed by atoms with Gasteiger partial charge in [-0.1, -0.05) is 12.1 Å². The molecule has 0 unspecified atom stereocenters. The molecular weight excluding hydrogens is 200 g/mol. The molecule has 3 rings (SSSR count). The quantitative estimate of drug-likeness (QED) is 0.773. The number of ketones is 1. The minimum Gasteiger partial charge on any atom is -0.493 e. The Morgan fingerprint density at radius 1 is 1.38 bits per heavy atom. The molecule has 2 nitrogen and oxygen atoms in total. The molecular formula is C14H16O2. The van der Waals surface area contributed by atoms with Gasteiger partial charge < -0.3 is 4.74 Å². The fourth-order valence-electron chi connectivity index (χ4n) is 2.27. The van der Waals surface area contributed by atoms with Crippen LogP contribution in [-0.2, 0) is 17.6 Å². The van der Waals surface area contributed by atoms with E-state index in [4.69, 9.17) is 4.74 Å². The second-order valence-electron chi connectivity index (χ2n) is 4.78. The van der Waals surface area contributed by atoms with Gasteiger partial charge in [-0.05, 0) is 36.5 Å². The maximum absolute atomic E-state index is 11.6. The first kappa shape index (κ1) is 9.88. The third-order valence-electron chi connectivity index (χ3n) is 3.45. The van der Waals surface area contributed by atoms with Crippen molar-refractivity contribution in [3.05, 3.63) is 29.3 Å². The Kier molecular flexibility index (Phi) is 2.43. The second kappa shape index (κ2) is 3.93. The molecule has 1 aromatic carbocycles. The highest BCUT2D eigenvalue weighted by Crippen LogP contribution is 2.31. The van der Waals surface area contributed by atoms with Crippen molar-refractivity contribution in [1.29, 1.82) is 0 Å². The van der Waals surface area contributed by atoms with E-state index in [1.807, 2.05) is 6.07 Å². The Bertz CT molecular complexity index is 419. The third-order valence-corrected chi connectivity index (χ3v) is 3.45. The van der Waals surface area contributed by atoms with Crippen LogP contribution in [0.15, 0.2) is 18.2 Å². The summed E-state index contributed by atoms with van der Waals surface area (Å²) in [5.74, 6) is 1.88. The lowest BCUT2D eigenvalue weighted by Crippen LogP contribution is -2.02. The zero-order valence-electron chi connectivity index (χ0n) is 9.37. The highest BCUT2D eigenvalue weighted by atomic mass is 16.5. The van der Waals surface area contributed by atoms with Crippen molar-refractivity contribution in [3.63, 3.8) is 0 Å². The van der Waals surface area contributed by atoms with E-state index < -0.39 is 0 Å². The zero-order chi connectivity index (χ0) is 11.0. The molecule has 1 aliphatic heterocycles. The van der Waals surface area contributed by atoms with Gasteiger partial charge in [0.15, 0.2) is 0 Å². The molecule has 1 heterocycles. The molecule has 1 fully saturated rings. The molecule has 0 N–H and O–H groups in total. The van der Waals surface area contributed by atoms with Crippen LogP contribution >= 0.6 is 0 Å². The predicted molar refractivity (Wildman–Crippen MR) is 61.7 cm³/mol. The average Bonchev–Trinajstić information content (AvgIpc) is 3.04. The summed E-state index contributed by atoms with van der Waals surface area (Å²) in [6.45, 7) is 0.805. The van der Waals surface area contributed by atoms with Crippen molar-refractivity contribution < 1.29 is 9.53 Å². The molecule has 0 atom stereocenters. The van der Waals surface area contributed by atoms with E-state index in [1.54, 1.807) is 0 Å². The maximum Gasteiger partial charge on any atom is 0.136 e. The number of rotatable bonds is 4. The van der Waals surface area contributed by atoms with Crippen molar-refractivity contribution in [2.24, 2.45) is 5.92 Å². The number of Topliss-reactive ketones (excluding diaryl/α,β-unsaturated/α-hetero) is 1. The van der Waals surface area contributed by atoms with Gasteiger partial charge in [0.25, 0.3) is 0 Å². The molecule has 0 spiro atoms. The molecule has 2 aliphatic rings. The van der Waals surface area contributed by atoms with Gasteiger partial charge in [0.1, 0.15) is 11.5 Å². The normalized spacial score (nSPS) is 18.0. The van der Waals surface area contributed by atoms with Crippen molar-refractivity contribution >= 4 is 5.78 Å². The largest absolute Gasteiger partial charge is 0.493 e. The Morgan fingerprint density at radius 3 is 3.06 bits per heavy atom. The number of benzene rings is 1. The minimum atomic E-state index is 0.401. The first-order chi connectivity index (χ1) is 7.83. The lowest BCUT2D eigenvalue weighted by molar-refractivity contribution is -0.120. The van der Waals surface area contributed by atoms with Crippen LogP contribution in [0.5, 0.6) is 5.75 Å². The van der Waals surface area contributed by atoms with Crippen molar-refractivity contribution in [1.82, 2.24) is 0 Å². The SMILES string of the molecule is O=C(CCc1ccc2c(c1)CCO2)C1CC1. The number of carbonyl (C=O) groups excluding carboxylic acids is 1. The third kappa shape index (κ3) is 1.97. The van der Waals surface area contributed by atoms with Gasteiger partial charge in [0.05, 0.1) is 6.61 Å². The van der Waals surface area contributed by atoms with Crippen LogP contribution in [-0.4, -0.2) is 12.4 Å². The molecule has 0 radical (unpaired) electrons. The van der Waals surface area contributed by atoms with Crippen molar-refractivity contribution in [2.45, 2.75) is 32.1 Å². The summed E-state index contributed by atoms with van der Waals surface area (Å²) in [7, 11) is 0. The van der Waals surface area contributed by atoms with Gasteiger partial charge in [-0.3, -0.25) is 4.79 Å². The Balaban J connectivity index is 1.63. The fourth-order valence-corrected chi connectivity index (χ4v) is 2.27. The molecule has 1 aromatic rings. The lowest BCUT2D eigenvalue weighted by atomic mass is 10.0. The number of aryl methyl sites for hydroxylation is 1. The van der Waals surface area contributed by atoms with E-state index in [0.29, 0.717) is 18.1 Å². The number of carbonyl (C=O) groups is 1. The molecule has 0 saturated heterocycles. The van der Waals surface area contributed by atoms with Crippen LogP contribution in [0, 0.1) is 5.92 Å². The van der Waals surface area contributed by atoms with E-state index in [1.165, 1.54) is 11.1 Å². The van der Waals surface area contributed by atoms with Crippen LogP contribution < -0.4 is 4.74 Å². The number of ether oxygens (including phenoxy) is 1. The molecule has 2 heteroatoms. The number of hydrogen-bond donors (Lipinski definition) is 0. The summed E-state index contributed by atoms with van der Waals surface area (Å²) in [4.78, 5) is 11.6. The van der Waals surface area contributed by atoms with E-state index in [0.717, 1.165) is 38.0 Å². The summed E-state index contributed by atoms with van der Waals surface area (Å²) in [5, 5.41) is 0. The van der Waals surface area contributed by atoms with Crippen LogP contribution in [0.3, 0.4) is 0 Å². The summed E-state index contributed by atoms with van der Waals surface area (Å²) in [6, 6.07) is 6.33. The summed E-state index contributed by atoms with van der Waals surface area (Å²) < 4.78 is 5.46. The smallest absolute Gasteiger partial charge is 0.136 e. The summed E-state index contributed by atoms with van der Waals surface area (Å²) in [5.41, 5.74) is 2.58. The Morgan fingerprint density at radius 2 is 2.25 bits per heavy atom. The molecule has 16 heavy (non-hydrogen) atoms. The van der Waals surface area contributed by atoms with Crippen molar-refractivity contribution in [3.8, 4) is 5.75 Å². The monoisotopic (exact) mass is 216 g/mol. The van der Waals surface area contributed by atoms with Crippen LogP contribution in [0.1, 0.15) is 30.4 Å². The van der Waals surface area contributed by atoms with Gasteiger partial charge in [-0.2, -0.15) is 0 Å². The van der Waals surface area contributed by atoms with E-state index in [9.17, 15) is 4.79 Å². The minimum absolute atomic E-state index is 0.401. The van der Waals surface area contributed by atoms with E-state index in [-0.39, 0.29) is 0 Å². The molecule has 0 aromatic heterocycles. The van der Waals surface area contributed by atoms with Gasteiger partial charge in [-0.25, -0.2) is 0 Å².